The fraction of sp³-hybridized carbons (Fsp3) is 0.636. The summed E-state index contributed by atoms with van der Waals surface area (Å²) in [6.45, 7) is 5.79. The number of benzene rings is 1. The molecule has 2 aliphatic heterocycles. The number of guanidine groups is 1. The van der Waals surface area contributed by atoms with Crippen molar-refractivity contribution < 1.29 is 9.18 Å². The molecular weight excluding hydrogens is 496 g/mol. The molecule has 2 atom stereocenters. The standard InChI is InChI=1S/C22H32FN5O.HI/c1-24-22(25-20-15-18(20)17-7-3-4-8-19(17)23)28-13-11-26(12-14-28)16-21(29)27-9-5-2-6-10-27;/h3-4,7-8,18,20H,2,5-6,9-16H2,1H3,(H,24,25);1H. The van der Waals surface area contributed by atoms with Gasteiger partial charge in [0.1, 0.15) is 5.82 Å². The van der Waals surface area contributed by atoms with Crippen molar-refractivity contribution in [1.29, 1.82) is 0 Å². The van der Waals surface area contributed by atoms with Crippen molar-refractivity contribution >= 4 is 35.8 Å². The van der Waals surface area contributed by atoms with E-state index in [0.717, 1.165) is 70.1 Å². The third-order valence-corrected chi connectivity index (χ3v) is 6.36. The van der Waals surface area contributed by atoms with Gasteiger partial charge in [0.2, 0.25) is 5.91 Å². The predicted octanol–water partition coefficient (Wildman–Crippen LogP) is 2.51. The van der Waals surface area contributed by atoms with Gasteiger partial charge in [0.25, 0.3) is 0 Å². The molecule has 0 spiro atoms. The van der Waals surface area contributed by atoms with E-state index in [1.807, 2.05) is 17.0 Å². The second-order valence-corrected chi connectivity index (χ2v) is 8.37. The zero-order valence-corrected chi connectivity index (χ0v) is 20.1. The van der Waals surface area contributed by atoms with Gasteiger partial charge in [-0.2, -0.15) is 0 Å². The molecule has 30 heavy (non-hydrogen) atoms. The number of amides is 1. The van der Waals surface area contributed by atoms with E-state index in [4.69, 9.17) is 0 Å². The van der Waals surface area contributed by atoms with Crippen molar-refractivity contribution in [1.82, 2.24) is 20.0 Å². The third-order valence-electron chi connectivity index (χ3n) is 6.36. The quantitative estimate of drug-likeness (QED) is 0.370. The molecule has 4 rings (SSSR count). The van der Waals surface area contributed by atoms with Crippen LogP contribution in [0.1, 0.15) is 37.2 Å². The van der Waals surface area contributed by atoms with Gasteiger partial charge >= 0.3 is 0 Å². The molecule has 2 saturated heterocycles. The van der Waals surface area contributed by atoms with Crippen LogP contribution >= 0.6 is 24.0 Å². The van der Waals surface area contributed by atoms with Gasteiger partial charge in [-0.1, -0.05) is 18.2 Å². The summed E-state index contributed by atoms with van der Waals surface area (Å²) in [4.78, 5) is 23.5. The van der Waals surface area contributed by atoms with Crippen LogP contribution in [0.5, 0.6) is 0 Å². The molecule has 0 radical (unpaired) electrons. The van der Waals surface area contributed by atoms with Crippen LogP contribution in [0.25, 0.3) is 0 Å². The maximum Gasteiger partial charge on any atom is 0.236 e. The minimum absolute atomic E-state index is 0. The number of aliphatic imine (C=N–C) groups is 1. The Morgan fingerprint density at radius 1 is 1.07 bits per heavy atom. The van der Waals surface area contributed by atoms with Crippen LogP contribution in [-0.2, 0) is 4.79 Å². The number of piperazine rings is 1. The zero-order valence-electron chi connectivity index (χ0n) is 17.7. The smallest absolute Gasteiger partial charge is 0.236 e. The molecular formula is C22H33FIN5O. The minimum atomic E-state index is -0.122. The molecule has 1 aromatic rings. The molecule has 1 N–H and O–H groups in total. The van der Waals surface area contributed by atoms with Crippen LogP contribution in [0, 0.1) is 5.82 Å². The Bertz CT molecular complexity index is 747. The van der Waals surface area contributed by atoms with Crippen molar-refractivity contribution in [3.05, 3.63) is 35.6 Å². The number of nitrogens with one attached hydrogen (secondary N) is 1. The summed E-state index contributed by atoms with van der Waals surface area (Å²) >= 11 is 0. The maximum atomic E-state index is 14.0. The molecule has 2 unspecified atom stereocenters. The van der Waals surface area contributed by atoms with E-state index >= 15 is 0 Å². The van der Waals surface area contributed by atoms with E-state index in [0.29, 0.717) is 6.54 Å². The van der Waals surface area contributed by atoms with Gasteiger partial charge in [-0.25, -0.2) is 4.39 Å². The molecule has 1 aliphatic carbocycles. The largest absolute Gasteiger partial charge is 0.353 e. The number of hydrogen-bond acceptors (Lipinski definition) is 3. The second-order valence-electron chi connectivity index (χ2n) is 8.37. The second kappa shape index (κ2) is 10.7. The molecule has 2 heterocycles. The van der Waals surface area contributed by atoms with E-state index in [1.54, 1.807) is 13.1 Å². The molecule has 1 saturated carbocycles. The van der Waals surface area contributed by atoms with Gasteiger partial charge < -0.3 is 15.1 Å². The Kier molecular flexibility index (Phi) is 8.33. The lowest BCUT2D eigenvalue weighted by Gasteiger charge is -2.37. The topological polar surface area (TPSA) is 51.2 Å². The van der Waals surface area contributed by atoms with Gasteiger partial charge in [-0.05, 0) is 37.3 Å². The Hall–Kier alpha value is -1.42. The molecule has 0 bridgehead atoms. The van der Waals surface area contributed by atoms with E-state index in [2.05, 4.69) is 20.1 Å². The average molecular weight is 529 g/mol. The van der Waals surface area contributed by atoms with E-state index in [1.165, 1.54) is 12.5 Å². The van der Waals surface area contributed by atoms with Gasteiger partial charge in [0.15, 0.2) is 5.96 Å². The van der Waals surface area contributed by atoms with Crippen LogP contribution in [0.3, 0.4) is 0 Å². The molecule has 3 fully saturated rings. The van der Waals surface area contributed by atoms with Crippen molar-refractivity contribution in [3.63, 3.8) is 0 Å². The first-order valence-electron chi connectivity index (χ1n) is 10.9. The Morgan fingerprint density at radius 3 is 2.43 bits per heavy atom. The number of carbonyl (C=O) groups is 1. The Labute approximate surface area is 195 Å². The van der Waals surface area contributed by atoms with E-state index in [-0.39, 0.29) is 47.7 Å². The molecule has 1 amide bonds. The highest BCUT2D eigenvalue weighted by Gasteiger charge is 2.41. The number of piperidine rings is 1. The number of carbonyl (C=O) groups excluding carboxylic acids is 1. The lowest BCUT2D eigenvalue weighted by Crippen LogP contribution is -2.54. The van der Waals surface area contributed by atoms with E-state index in [9.17, 15) is 9.18 Å². The molecule has 8 heteroatoms. The predicted molar refractivity (Wildman–Crippen MR) is 128 cm³/mol. The summed E-state index contributed by atoms with van der Waals surface area (Å²) in [5.74, 6) is 1.25. The first-order chi connectivity index (χ1) is 14.2. The highest BCUT2D eigenvalue weighted by atomic mass is 127. The zero-order chi connectivity index (χ0) is 20.2. The van der Waals surface area contributed by atoms with Crippen molar-refractivity contribution in [2.24, 2.45) is 4.99 Å². The molecule has 166 valence electrons. The van der Waals surface area contributed by atoms with Crippen LogP contribution in [0.15, 0.2) is 29.3 Å². The third kappa shape index (κ3) is 5.63. The van der Waals surface area contributed by atoms with Gasteiger partial charge in [0.05, 0.1) is 6.54 Å². The summed E-state index contributed by atoms with van der Waals surface area (Å²) in [5, 5.41) is 3.51. The number of hydrogen-bond donors (Lipinski definition) is 1. The van der Waals surface area contributed by atoms with Gasteiger partial charge in [-0.3, -0.25) is 14.7 Å². The fourth-order valence-corrected chi connectivity index (χ4v) is 4.49. The highest BCUT2D eigenvalue weighted by Crippen LogP contribution is 2.41. The number of halogens is 2. The molecule has 0 aromatic heterocycles. The lowest BCUT2D eigenvalue weighted by atomic mass is 10.1. The van der Waals surface area contributed by atoms with Crippen LogP contribution in [-0.4, -0.2) is 85.5 Å². The summed E-state index contributed by atoms with van der Waals surface area (Å²) < 4.78 is 14.0. The summed E-state index contributed by atoms with van der Waals surface area (Å²) in [6, 6.07) is 7.28. The van der Waals surface area contributed by atoms with Gasteiger partial charge in [-0.15, -0.1) is 24.0 Å². The monoisotopic (exact) mass is 529 g/mol. The van der Waals surface area contributed by atoms with Crippen molar-refractivity contribution in [3.8, 4) is 0 Å². The normalized spacial score (nSPS) is 24.9. The fourth-order valence-electron chi connectivity index (χ4n) is 4.49. The first-order valence-corrected chi connectivity index (χ1v) is 10.9. The van der Waals surface area contributed by atoms with Gasteiger partial charge in [0, 0.05) is 58.3 Å². The SMILES string of the molecule is CN=C(NC1CC1c1ccccc1F)N1CCN(CC(=O)N2CCCCC2)CC1.I. The first kappa shape index (κ1) is 23.2. The average Bonchev–Trinajstić information content (AvgIpc) is 3.52. The number of likely N-dealkylation sites (tertiary alicyclic amines) is 1. The summed E-state index contributed by atoms with van der Waals surface area (Å²) in [7, 11) is 1.80. The van der Waals surface area contributed by atoms with Crippen molar-refractivity contribution in [2.75, 3.05) is 52.9 Å². The minimum Gasteiger partial charge on any atom is -0.353 e. The summed E-state index contributed by atoms with van der Waals surface area (Å²) in [5.41, 5.74) is 0.793. The van der Waals surface area contributed by atoms with Crippen molar-refractivity contribution in [2.45, 2.75) is 37.6 Å². The summed E-state index contributed by atoms with van der Waals surface area (Å²) in [6.07, 6.45) is 4.45. The Morgan fingerprint density at radius 2 is 1.77 bits per heavy atom. The van der Waals surface area contributed by atoms with E-state index < -0.39 is 0 Å². The number of rotatable bonds is 4. The van der Waals surface area contributed by atoms with Crippen LogP contribution in [0.4, 0.5) is 4.39 Å². The molecule has 3 aliphatic rings. The molecule has 1 aromatic carbocycles. The van der Waals surface area contributed by atoms with Crippen LogP contribution in [0.2, 0.25) is 0 Å². The van der Waals surface area contributed by atoms with Crippen LogP contribution < -0.4 is 5.32 Å². The number of nitrogens with zero attached hydrogens (tertiary/aromatic N) is 4. The molecule has 6 nitrogen and oxygen atoms in total. The lowest BCUT2D eigenvalue weighted by molar-refractivity contribution is -0.133. The maximum absolute atomic E-state index is 14.0. The Balaban J connectivity index is 0.00000256. The highest BCUT2D eigenvalue weighted by molar-refractivity contribution is 14.0.